The third-order valence-corrected chi connectivity index (χ3v) is 3.08. The maximum atomic E-state index is 11.6. The van der Waals surface area contributed by atoms with Crippen molar-refractivity contribution in [3.63, 3.8) is 0 Å². The van der Waals surface area contributed by atoms with Crippen LogP contribution in [0.15, 0.2) is 23.3 Å². The van der Waals surface area contributed by atoms with Gasteiger partial charge in [-0.1, -0.05) is 32.3 Å². The average Bonchev–Trinajstić information content (AvgIpc) is 2.51. The van der Waals surface area contributed by atoms with Gasteiger partial charge in [-0.2, -0.15) is 5.10 Å². The lowest BCUT2D eigenvalue weighted by Crippen LogP contribution is -2.17. The van der Waals surface area contributed by atoms with Crippen LogP contribution >= 0.6 is 0 Å². The Hall–Kier alpha value is -2.04. The number of rotatable bonds is 9. The van der Waals surface area contributed by atoms with Gasteiger partial charge < -0.3 is 9.47 Å². The molecule has 0 unspecified atom stereocenters. The number of nitrogens with zero attached hydrogens (tertiary/aromatic N) is 1. The monoisotopic (exact) mass is 292 g/mol. The van der Waals surface area contributed by atoms with E-state index in [4.69, 9.17) is 9.47 Å². The topological polar surface area (TPSA) is 59.9 Å². The van der Waals surface area contributed by atoms with E-state index in [9.17, 15) is 4.79 Å². The highest BCUT2D eigenvalue weighted by atomic mass is 16.5. The molecule has 1 amide bonds. The van der Waals surface area contributed by atoms with E-state index in [0.29, 0.717) is 17.9 Å². The lowest BCUT2D eigenvalue weighted by Gasteiger charge is -2.09. The number of nitrogens with one attached hydrogen (secondary N) is 1. The summed E-state index contributed by atoms with van der Waals surface area (Å²) >= 11 is 0. The van der Waals surface area contributed by atoms with Crippen LogP contribution in [-0.4, -0.2) is 26.3 Å². The molecule has 0 spiro atoms. The predicted molar refractivity (Wildman–Crippen MR) is 84.0 cm³/mol. The predicted octanol–water partition coefficient (Wildman–Crippen LogP) is 3.12. The summed E-state index contributed by atoms with van der Waals surface area (Å²) in [6, 6.07) is 5.50. The molecular formula is C16H24N2O3. The number of ether oxygens (including phenoxy) is 2. The zero-order valence-corrected chi connectivity index (χ0v) is 13.0. The van der Waals surface area contributed by atoms with Crippen molar-refractivity contribution in [2.75, 3.05) is 14.2 Å². The number of methoxy groups -OCH3 is 2. The molecule has 1 rings (SSSR count). The van der Waals surface area contributed by atoms with Crippen LogP contribution in [0.3, 0.4) is 0 Å². The van der Waals surface area contributed by atoms with E-state index < -0.39 is 0 Å². The first-order chi connectivity index (χ1) is 10.2. The second kappa shape index (κ2) is 9.80. The Balaban J connectivity index is 2.51. The van der Waals surface area contributed by atoms with Crippen molar-refractivity contribution < 1.29 is 14.3 Å². The molecule has 0 radical (unpaired) electrons. The first-order valence-corrected chi connectivity index (χ1v) is 7.25. The molecule has 116 valence electrons. The molecule has 0 aliphatic rings. The van der Waals surface area contributed by atoms with E-state index >= 15 is 0 Å². The van der Waals surface area contributed by atoms with E-state index in [2.05, 4.69) is 17.5 Å². The molecule has 1 aromatic rings. The standard InChI is InChI=1S/C16H24N2O3/c1-4-5-6-7-11-15(19)18-17-12-13-9-8-10-14(20-2)16(13)21-3/h8-10,12H,4-7,11H2,1-3H3,(H,18,19)/b17-12+. The minimum absolute atomic E-state index is 0.0655. The number of hydrogen-bond acceptors (Lipinski definition) is 4. The molecule has 0 saturated heterocycles. The largest absolute Gasteiger partial charge is 0.493 e. The summed E-state index contributed by atoms with van der Waals surface area (Å²) in [5.41, 5.74) is 3.28. The zero-order valence-electron chi connectivity index (χ0n) is 13.0. The second-order valence-corrected chi connectivity index (χ2v) is 4.69. The number of hydrogen-bond donors (Lipinski definition) is 1. The van der Waals surface area contributed by atoms with Gasteiger partial charge in [-0.15, -0.1) is 0 Å². The summed E-state index contributed by atoms with van der Waals surface area (Å²) in [7, 11) is 3.15. The lowest BCUT2D eigenvalue weighted by molar-refractivity contribution is -0.121. The molecule has 0 saturated carbocycles. The minimum atomic E-state index is -0.0655. The highest BCUT2D eigenvalue weighted by Gasteiger charge is 2.07. The normalized spacial score (nSPS) is 10.6. The molecule has 1 aromatic carbocycles. The highest BCUT2D eigenvalue weighted by Crippen LogP contribution is 2.29. The van der Waals surface area contributed by atoms with Gasteiger partial charge in [0.1, 0.15) is 0 Å². The van der Waals surface area contributed by atoms with Gasteiger partial charge in [-0.3, -0.25) is 4.79 Å². The summed E-state index contributed by atoms with van der Waals surface area (Å²) in [4.78, 5) is 11.6. The van der Waals surface area contributed by atoms with Crippen molar-refractivity contribution in [1.29, 1.82) is 0 Å². The molecule has 5 heteroatoms. The maximum absolute atomic E-state index is 11.6. The summed E-state index contributed by atoms with van der Waals surface area (Å²) < 4.78 is 10.5. The first-order valence-electron chi connectivity index (χ1n) is 7.25. The Morgan fingerprint density at radius 3 is 2.71 bits per heavy atom. The summed E-state index contributed by atoms with van der Waals surface area (Å²) in [6.07, 6.45) is 6.37. The summed E-state index contributed by atoms with van der Waals surface area (Å²) in [6.45, 7) is 2.14. The fraction of sp³-hybridized carbons (Fsp3) is 0.500. The number of benzene rings is 1. The Bertz CT molecular complexity index is 473. The Labute approximate surface area is 126 Å². The maximum Gasteiger partial charge on any atom is 0.240 e. The lowest BCUT2D eigenvalue weighted by atomic mass is 10.1. The van der Waals surface area contributed by atoms with Crippen LogP contribution in [0.5, 0.6) is 11.5 Å². The summed E-state index contributed by atoms with van der Waals surface area (Å²) in [5, 5.41) is 3.96. The van der Waals surface area contributed by atoms with Crippen LogP contribution in [0, 0.1) is 0 Å². The van der Waals surface area contributed by atoms with E-state index in [1.807, 2.05) is 18.2 Å². The van der Waals surface area contributed by atoms with Crippen molar-refractivity contribution in [3.05, 3.63) is 23.8 Å². The van der Waals surface area contributed by atoms with Crippen molar-refractivity contribution in [2.24, 2.45) is 5.10 Å². The van der Waals surface area contributed by atoms with Crippen LogP contribution in [0.2, 0.25) is 0 Å². The van der Waals surface area contributed by atoms with Crippen molar-refractivity contribution in [2.45, 2.75) is 39.0 Å². The summed E-state index contributed by atoms with van der Waals surface area (Å²) in [5.74, 6) is 1.16. The van der Waals surface area contributed by atoms with Gasteiger partial charge in [0.2, 0.25) is 5.91 Å². The quantitative estimate of drug-likeness (QED) is 0.432. The van der Waals surface area contributed by atoms with Gasteiger partial charge in [-0.25, -0.2) is 5.43 Å². The van der Waals surface area contributed by atoms with Gasteiger partial charge in [-0.05, 0) is 18.6 Å². The second-order valence-electron chi connectivity index (χ2n) is 4.69. The molecule has 0 atom stereocenters. The first kappa shape index (κ1) is 17.0. The minimum Gasteiger partial charge on any atom is -0.493 e. The third-order valence-electron chi connectivity index (χ3n) is 3.08. The van der Waals surface area contributed by atoms with E-state index in [1.165, 1.54) is 0 Å². The molecule has 0 aromatic heterocycles. The average molecular weight is 292 g/mol. The van der Waals surface area contributed by atoms with Crippen molar-refractivity contribution >= 4 is 12.1 Å². The van der Waals surface area contributed by atoms with E-state index in [1.54, 1.807) is 20.4 Å². The number of amides is 1. The molecule has 0 aliphatic heterocycles. The molecule has 0 bridgehead atoms. The van der Waals surface area contributed by atoms with Crippen LogP contribution in [0.25, 0.3) is 0 Å². The van der Waals surface area contributed by atoms with E-state index in [0.717, 1.165) is 31.2 Å². The molecular weight excluding hydrogens is 268 g/mol. The van der Waals surface area contributed by atoms with Gasteiger partial charge >= 0.3 is 0 Å². The number of carbonyl (C=O) groups is 1. The fourth-order valence-electron chi connectivity index (χ4n) is 1.96. The molecule has 0 fully saturated rings. The molecule has 1 N–H and O–H groups in total. The van der Waals surface area contributed by atoms with Gasteiger partial charge in [0.05, 0.1) is 20.4 Å². The van der Waals surface area contributed by atoms with Gasteiger partial charge in [0.25, 0.3) is 0 Å². The van der Waals surface area contributed by atoms with E-state index in [-0.39, 0.29) is 5.91 Å². The van der Waals surface area contributed by atoms with Crippen LogP contribution in [0.4, 0.5) is 0 Å². The van der Waals surface area contributed by atoms with Crippen LogP contribution in [-0.2, 0) is 4.79 Å². The third kappa shape index (κ3) is 5.85. The smallest absolute Gasteiger partial charge is 0.240 e. The molecule has 21 heavy (non-hydrogen) atoms. The van der Waals surface area contributed by atoms with Gasteiger partial charge in [0.15, 0.2) is 11.5 Å². The number of para-hydroxylation sites is 1. The van der Waals surface area contributed by atoms with Crippen LogP contribution in [0.1, 0.15) is 44.6 Å². The van der Waals surface area contributed by atoms with Gasteiger partial charge in [0, 0.05) is 12.0 Å². The molecule has 0 heterocycles. The molecule has 0 aliphatic carbocycles. The highest BCUT2D eigenvalue weighted by molar-refractivity contribution is 5.86. The SMILES string of the molecule is CCCCCCC(=O)N/N=C/c1cccc(OC)c1OC. The Kier molecular flexibility index (Phi) is 7.94. The van der Waals surface area contributed by atoms with Crippen molar-refractivity contribution in [1.82, 2.24) is 5.43 Å². The van der Waals surface area contributed by atoms with Crippen LogP contribution < -0.4 is 14.9 Å². The number of carbonyl (C=O) groups excluding carboxylic acids is 1. The van der Waals surface area contributed by atoms with Crippen molar-refractivity contribution in [3.8, 4) is 11.5 Å². The Morgan fingerprint density at radius 1 is 1.24 bits per heavy atom. The molecule has 5 nitrogen and oxygen atoms in total. The Morgan fingerprint density at radius 2 is 2.05 bits per heavy atom. The fourth-order valence-corrected chi connectivity index (χ4v) is 1.96. The zero-order chi connectivity index (χ0) is 15.5. The number of unbranched alkanes of at least 4 members (excludes halogenated alkanes) is 3. The number of hydrazone groups is 1.